The van der Waals surface area contributed by atoms with Gasteiger partial charge in [0.15, 0.2) is 5.65 Å². The zero-order valence-electron chi connectivity index (χ0n) is 20.4. The van der Waals surface area contributed by atoms with E-state index in [0.29, 0.717) is 23.0 Å². The molecule has 2 aromatic carbocycles. The molecule has 0 fully saturated rings. The van der Waals surface area contributed by atoms with Gasteiger partial charge < -0.3 is 10.1 Å². The lowest BCUT2D eigenvalue weighted by atomic mass is 10.1. The van der Waals surface area contributed by atoms with E-state index in [1.807, 2.05) is 50.2 Å². The summed E-state index contributed by atoms with van der Waals surface area (Å²) in [5.41, 5.74) is 5.08. The molecular weight excluding hydrogens is 496 g/mol. The summed E-state index contributed by atoms with van der Waals surface area (Å²) in [7, 11) is 0. The lowest BCUT2D eigenvalue weighted by Gasteiger charge is -2.15. The average Bonchev–Trinajstić information content (AvgIpc) is 3.55. The lowest BCUT2D eigenvalue weighted by Crippen LogP contribution is -1.98. The van der Waals surface area contributed by atoms with Crippen molar-refractivity contribution in [1.82, 2.24) is 35.1 Å². The molecule has 184 valence electrons. The van der Waals surface area contributed by atoms with Crippen LogP contribution in [-0.2, 0) is 0 Å². The maximum absolute atomic E-state index is 6.48. The van der Waals surface area contributed by atoms with Crippen LogP contribution in [0, 0.1) is 13.8 Å². The van der Waals surface area contributed by atoms with E-state index in [1.54, 1.807) is 29.9 Å². The molecule has 7 rings (SSSR count). The molecule has 0 unspecified atom stereocenters. The summed E-state index contributed by atoms with van der Waals surface area (Å²) in [6, 6.07) is 16.0. The van der Waals surface area contributed by atoms with Crippen LogP contribution in [0.1, 0.15) is 10.6 Å². The minimum Gasteiger partial charge on any atom is -0.438 e. The van der Waals surface area contributed by atoms with Gasteiger partial charge in [0.1, 0.15) is 17.9 Å². The van der Waals surface area contributed by atoms with Crippen LogP contribution in [0.2, 0.25) is 0 Å². The van der Waals surface area contributed by atoms with E-state index in [-0.39, 0.29) is 0 Å². The highest BCUT2D eigenvalue weighted by molar-refractivity contribution is 7.18. The zero-order valence-corrected chi connectivity index (χ0v) is 21.2. The molecule has 0 saturated heterocycles. The number of aromatic amines is 1. The fourth-order valence-corrected chi connectivity index (χ4v) is 5.43. The molecule has 0 aliphatic rings. The third-order valence-corrected chi connectivity index (χ3v) is 7.16. The first-order valence-electron chi connectivity index (χ1n) is 11.9. The Balaban J connectivity index is 1.30. The second kappa shape index (κ2) is 8.86. The zero-order chi connectivity index (χ0) is 25.6. The Bertz CT molecular complexity index is 1980. The van der Waals surface area contributed by atoms with Gasteiger partial charge in [-0.1, -0.05) is 0 Å². The van der Waals surface area contributed by atoms with Gasteiger partial charge in [0.2, 0.25) is 5.88 Å². The van der Waals surface area contributed by atoms with E-state index in [1.165, 1.54) is 6.33 Å². The van der Waals surface area contributed by atoms with Crippen LogP contribution in [0.5, 0.6) is 11.6 Å². The van der Waals surface area contributed by atoms with E-state index in [2.05, 4.69) is 52.6 Å². The Labute approximate surface area is 220 Å². The first-order valence-corrected chi connectivity index (χ1v) is 12.7. The van der Waals surface area contributed by atoms with Gasteiger partial charge in [-0.05, 0) is 67.9 Å². The maximum atomic E-state index is 6.48. The quantitative estimate of drug-likeness (QED) is 0.259. The fraction of sp³-hybridized carbons (Fsp3) is 0.0714. The second-order valence-electron chi connectivity index (χ2n) is 8.87. The average molecular weight is 517 g/mol. The van der Waals surface area contributed by atoms with E-state index in [4.69, 9.17) is 4.74 Å². The summed E-state index contributed by atoms with van der Waals surface area (Å²) in [6.07, 6.45) is 6.69. The number of aromatic nitrogens is 7. The van der Waals surface area contributed by atoms with Crippen LogP contribution in [0.25, 0.3) is 43.3 Å². The van der Waals surface area contributed by atoms with E-state index >= 15 is 0 Å². The van der Waals surface area contributed by atoms with E-state index in [9.17, 15) is 0 Å². The van der Waals surface area contributed by atoms with Crippen molar-refractivity contribution in [3.8, 4) is 22.9 Å². The van der Waals surface area contributed by atoms with Crippen molar-refractivity contribution in [1.29, 1.82) is 0 Å². The maximum Gasteiger partial charge on any atom is 0.228 e. The number of fused-ring (bicyclic) bond motifs is 3. The third kappa shape index (κ3) is 3.87. The van der Waals surface area contributed by atoms with Gasteiger partial charge in [0.25, 0.3) is 0 Å². The molecule has 0 spiro atoms. The predicted molar refractivity (Wildman–Crippen MR) is 149 cm³/mol. The van der Waals surface area contributed by atoms with Crippen LogP contribution >= 0.6 is 11.3 Å². The number of thiazole rings is 1. The molecule has 2 N–H and O–H groups in total. The van der Waals surface area contributed by atoms with Crippen molar-refractivity contribution in [2.45, 2.75) is 13.8 Å². The number of aryl methyl sites for hydroxylation is 2. The monoisotopic (exact) mass is 516 g/mol. The van der Waals surface area contributed by atoms with Crippen molar-refractivity contribution >= 4 is 54.9 Å². The summed E-state index contributed by atoms with van der Waals surface area (Å²) in [5, 5.41) is 14.2. The molecule has 0 radical (unpaired) electrons. The van der Waals surface area contributed by atoms with Gasteiger partial charge in [-0.2, -0.15) is 5.10 Å². The number of nitrogens with zero attached hydrogens (tertiary/aromatic N) is 6. The van der Waals surface area contributed by atoms with Crippen molar-refractivity contribution in [3.63, 3.8) is 0 Å². The summed E-state index contributed by atoms with van der Waals surface area (Å²) >= 11 is 1.67. The van der Waals surface area contributed by atoms with Crippen molar-refractivity contribution in [2.75, 3.05) is 5.32 Å². The standard InChI is InChI=1S/C28H20N8OS/c1-15-10-20-18(7-9-29-26(20)35-17-5-6-22-24(12-17)38-16(2)34-22)23(11-15)37-28-19(4-3-8-30-28)25-21-13-33-36-27(21)32-14-31-25/h3-14H,1-2H3,(H,29,35)(H,31,32,33,36). The van der Waals surface area contributed by atoms with Gasteiger partial charge in [-0.15, -0.1) is 11.3 Å². The molecule has 9 nitrogen and oxygen atoms in total. The molecule has 0 bridgehead atoms. The number of H-pyrrole nitrogens is 1. The largest absolute Gasteiger partial charge is 0.438 e. The number of benzene rings is 2. The van der Waals surface area contributed by atoms with Crippen molar-refractivity contribution in [3.05, 3.63) is 84.0 Å². The Morgan fingerprint density at radius 3 is 2.79 bits per heavy atom. The highest BCUT2D eigenvalue weighted by atomic mass is 32.1. The summed E-state index contributed by atoms with van der Waals surface area (Å²) in [6.45, 7) is 4.05. The molecule has 0 aliphatic carbocycles. The van der Waals surface area contributed by atoms with Gasteiger partial charge in [0.05, 0.1) is 38.1 Å². The second-order valence-corrected chi connectivity index (χ2v) is 10.1. The summed E-state index contributed by atoms with van der Waals surface area (Å²) in [5.74, 6) is 1.86. The number of rotatable bonds is 5. The Hall–Kier alpha value is -4.96. The topological polar surface area (TPSA) is 114 Å². The van der Waals surface area contributed by atoms with E-state index < -0.39 is 0 Å². The molecule has 0 atom stereocenters. The van der Waals surface area contributed by atoms with Crippen molar-refractivity contribution < 1.29 is 4.74 Å². The first-order chi connectivity index (χ1) is 18.6. The third-order valence-electron chi connectivity index (χ3n) is 6.23. The normalized spacial score (nSPS) is 11.4. The highest BCUT2D eigenvalue weighted by Gasteiger charge is 2.17. The van der Waals surface area contributed by atoms with Crippen LogP contribution in [0.4, 0.5) is 11.5 Å². The van der Waals surface area contributed by atoms with Crippen LogP contribution in [0.15, 0.2) is 73.4 Å². The number of hydrogen-bond acceptors (Lipinski definition) is 9. The van der Waals surface area contributed by atoms with Crippen LogP contribution in [-0.4, -0.2) is 35.1 Å². The molecule has 0 aliphatic heterocycles. The number of hydrogen-bond donors (Lipinski definition) is 2. The fourth-order valence-electron chi connectivity index (χ4n) is 4.56. The minimum atomic E-state index is 0.443. The predicted octanol–water partition coefficient (Wildman–Crippen LogP) is 6.73. The molecule has 38 heavy (non-hydrogen) atoms. The van der Waals surface area contributed by atoms with E-state index in [0.717, 1.165) is 54.0 Å². The number of ether oxygens (including phenoxy) is 1. The Morgan fingerprint density at radius 2 is 1.84 bits per heavy atom. The molecule has 7 aromatic rings. The van der Waals surface area contributed by atoms with Crippen LogP contribution < -0.4 is 10.1 Å². The Morgan fingerprint density at radius 1 is 0.895 bits per heavy atom. The van der Waals surface area contributed by atoms with Gasteiger partial charge in [-0.25, -0.2) is 24.9 Å². The molecule has 5 heterocycles. The first kappa shape index (κ1) is 22.3. The molecule has 0 amide bonds. The van der Waals surface area contributed by atoms with Gasteiger partial charge in [-0.3, -0.25) is 5.10 Å². The molecular formula is C28H20N8OS. The summed E-state index contributed by atoms with van der Waals surface area (Å²) in [4.78, 5) is 22.5. The molecule has 5 aromatic heterocycles. The minimum absolute atomic E-state index is 0.443. The Kier molecular flexibility index (Phi) is 5.19. The van der Waals surface area contributed by atoms with Gasteiger partial charge >= 0.3 is 0 Å². The smallest absolute Gasteiger partial charge is 0.228 e. The SMILES string of the molecule is Cc1cc(Oc2ncccc2-c2ncnc3[nH]ncc23)c2ccnc(Nc3ccc4nc(C)sc4c3)c2c1. The van der Waals surface area contributed by atoms with Crippen LogP contribution in [0.3, 0.4) is 0 Å². The lowest BCUT2D eigenvalue weighted by molar-refractivity contribution is 0.470. The molecule has 10 heteroatoms. The number of anilines is 2. The number of pyridine rings is 2. The highest BCUT2D eigenvalue weighted by Crippen LogP contribution is 2.38. The van der Waals surface area contributed by atoms with Crippen molar-refractivity contribution in [2.24, 2.45) is 0 Å². The van der Waals surface area contributed by atoms with Gasteiger partial charge in [0, 0.05) is 28.9 Å². The number of nitrogens with one attached hydrogen (secondary N) is 2. The molecule has 0 saturated carbocycles. The summed E-state index contributed by atoms with van der Waals surface area (Å²) < 4.78 is 7.62.